The number of carbonyl (C=O) groups excluding carboxylic acids is 1. The summed E-state index contributed by atoms with van der Waals surface area (Å²) >= 11 is 0. The maximum Gasteiger partial charge on any atom is 0.222 e. The molecule has 4 nitrogen and oxygen atoms in total. The topological polar surface area (TPSA) is 47.6 Å². The highest BCUT2D eigenvalue weighted by atomic mass is 16.5. The van der Waals surface area contributed by atoms with Gasteiger partial charge >= 0.3 is 0 Å². The van der Waals surface area contributed by atoms with Gasteiger partial charge in [-0.05, 0) is 54.4 Å². The second-order valence-corrected chi connectivity index (χ2v) is 9.50. The summed E-state index contributed by atoms with van der Waals surface area (Å²) in [7, 11) is 1.65. The van der Waals surface area contributed by atoms with Crippen molar-refractivity contribution < 1.29 is 14.3 Å². The van der Waals surface area contributed by atoms with Gasteiger partial charge in [-0.15, -0.1) is 0 Å². The van der Waals surface area contributed by atoms with Gasteiger partial charge in [0.25, 0.3) is 0 Å². The van der Waals surface area contributed by atoms with Crippen LogP contribution in [0.15, 0.2) is 24.3 Å². The number of amides is 1. The molecule has 3 fully saturated rings. The molecule has 1 unspecified atom stereocenters. The zero-order valence-corrected chi connectivity index (χ0v) is 17.1. The fourth-order valence-corrected chi connectivity index (χ4v) is 6.39. The summed E-state index contributed by atoms with van der Waals surface area (Å²) in [5, 5.41) is 3.43. The Morgan fingerprint density at radius 1 is 1.37 bits per heavy atom. The molecule has 2 saturated carbocycles. The van der Waals surface area contributed by atoms with Gasteiger partial charge in [-0.3, -0.25) is 4.79 Å². The Balaban J connectivity index is 1.63. The van der Waals surface area contributed by atoms with Crippen molar-refractivity contribution >= 4 is 5.91 Å². The van der Waals surface area contributed by atoms with E-state index in [4.69, 9.17) is 9.47 Å². The molecule has 1 amide bonds. The first kappa shape index (κ1) is 18.9. The number of hydrogen-bond donors (Lipinski definition) is 1. The number of ether oxygens (including phenoxy) is 2. The van der Waals surface area contributed by atoms with Crippen molar-refractivity contribution in [2.24, 2.45) is 22.7 Å². The van der Waals surface area contributed by atoms with E-state index in [2.05, 4.69) is 50.4 Å². The van der Waals surface area contributed by atoms with Gasteiger partial charge in [-0.25, -0.2) is 0 Å². The number of hydrogen-bond acceptors (Lipinski definition) is 3. The first-order valence-corrected chi connectivity index (χ1v) is 10.3. The summed E-state index contributed by atoms with van der Waals surface area (Å²) in [4.78, 5) is 12.6. The second kappa shape index (κ2) is 6.89. The number of nitrogens with one attached hydrogen (secondary N) is 1. The van der Waals surface area contributed by atoms with Crippen LogP contribution in [0.2, 0.25) is 0 Å². The van der Waals surface area contributed by atoms with E-state index in [1.165, 1.54) is 24.0 Å². The first-order valence-electron chi connectivity index (χ1n) is 10.3. The van der Waals surface area contributed by atoms with Gasteiger partial charge in [0.15, 0.2) is 0 Å². The van der Waals surface area contributed by atoms with Crippen LogP contribution in [-0.2, 0) is 14.3 Å². The molecule has 1 saturated heterocycles. The molecule has 148 valence electrons. The fraction of sp³-hybridized carbons (Fsp3) is 0.696. The van der Waals surface area contributed by atoms with Gasteiger partial charge < -0.3 is 14.8 Å². The normalized spacial score (nSPS) is 36.4. The highest BCUT2D eigenvalue weighted by Gasteiger charge is 2.68. The number of benzene rings is 1. The zero-order chi connectivity index (χ0) is 19.2. The molecule has 1 N–H and O–H groups in total. The van der Waals surface area contributed by atoms with E-state index in [0.717, 1.165) is 13.0 Å². The van der Waals surface area contributed by atoms with E-state index in [9.17, 15) is 4.79 Å². The Morgan fingerprint density at radius 2 is 2.19 bits per heavy atom. The maximum absolute atomic E-state index is 12.6. The van der Waals surface area contributed by atoms with Crippen LogP contribution in [0.25, 0.3) is 0 Å². The van der Waals surface area contributed by atoms with Crippen LogP contribution in [0.3, 0.4) is 0 Å². The molecule has 4 heteroatoms. The van der Waals surface area contributed by atoms with Gasteiger partial charge in [-0.2, -0.15) is 0 Å². The van der Waals surface area contributed by atoms with Crippen molar-refractivity contribution in [3.8, 4) is 0 Å². The predicted molar refractivity (Wildman–Crippen MR) is 105 cm³/mol. The summed E-state index contributed by atoms with van der Waals surface area (Å²) in [6.07, 6.45) is 4.06. The van der Waals surface area contributed by atoms with Gasteiger partial charge in [0.05, 0.1) is 12.7 Å². The number of rotatable bonds is 5. The maximum atomic E-state index is 12.6. The average molecular weight is 372 g/mol. The molecule has 1 spiro atoms. The van der Waals surface area contributed by atoms with Crippen molar-refractivity contribution in [3.05, 3.63) is 35.4 Å². The van der Waals surface area contributed by atoms with Gasteiger partial charge in [0, 0.05) is 26.2 Å². The lowest BCUT2D eigenvalue weighted by molar-refractivity contribution is -0.137. The Bertz CT molecular complexity index is 715. The molecule has 3 aliphatic rings. The van der Waals surface area contributed by atoms with Gasteiger partial charge in [0.2, 0.25) is 5.91 Å². The van der Waals surface area contributed by atoms with Crippen LogP contribution >= 0.6 is 0 Å². The Kier molecular flexibility index (Phi) is 4.84. The standard InChI is InChI=1S/C23H33NO3/c1-15-6-5-7-16(12-15)20-18-13-17-14-23(18,9-11-27-20)21(22(17,2)3)24-19(25)8-10-26-4/h5-7,12,17-18,20-21H,8-11,13-14H2,1-4H3,(H,24,25)/t17-,18-,20-,21-,23?/m1/s1. The second-order valence-electron chi connectivity index (χ2n) is 9.50. The van der Waals surface area contributed by atoms with Crippen LogP contribution < -0.4 is 5.32 Å². The highest BCUT2D eigenvalue weighted by Crippen LogP contribution is 2.70. The number of carbonyl (C=O) groups is 1. The predicted octanol–water partition coefficient (Wildman–Crippen LogP) is 4.03. The minimum absolute atomic E-state index is 0.120. The average Bonchev–Trinajstić information content (AvgIpc) is 3.12. The lowest BCUT2D eigenvalue weighted by atomic mass is 9.58. The van der Waals surface area contributed by atoms with E-state index >= 15 is 0 Å². The molecule has 5 atom stereocenters. The third-order valence-corrected chi connectivity index (χ3v) is 7.71. The molecule has 1 heterocycles. The number of aryl methyl sites for hydroxylation is 1. The van der Waals surface area contributed by atoms with Crippen LogP contribution in [-0.4, -0.2) is 32.3 Å². The minimum atomic E-state index is 0.120. The first-order chi connectivity index (χ1) is 12.9. The summed E-state index contributed by atoms with van der Waals surface area (Å²) in [6.45, 7) is 8.10. The summed E-state index contributed by atoms with van der Waals surface area (Å²) < 4.78 is 11.4. The quantitative estimate of drug-likeness (QED) is 0.850. The zero-order valence-electron chi connectivity index (χ0n) is 17.1. The number of methoxy groups -OCH3 is 1. The van der Waals surface area contributed by atoms with E-state index in [1.54, 1.807) is 7.11 Å². The van der Waals surface area contributed by atoms with Crippen molar-refractivity contribution in [3.63, 3.8) is 0 Å². The molecule has 4 rings (SSSR count). The van der Waals surface area contributed by atoms with Gasteiger partial charge in [-0.1, -0.05) is 43.7 Å². The molecule has 27 heavy (non-hydrogen) atoms. The smallest absolute Gasteiger partial charge is 0.222 e. The highest BCUT2D eigenvalue weighted by molar-refractivity contribution is 5.76. The molecule has 1 aromatic carbocycles. The summed E-state index contributed by atoms with van der Waals surface area (Å²) in [6, 6.07) is 8.98. The Morgan fingerprint density at radius 3 is 2.93 bits per heavy atom. The number of fused-ring (bicyclic) bond motifs is 1. The molecule has 1 aliphatic heterocycles. The SMILES string of the molecule is COCCC(=O)N[C@@H]1C(C)(C)[C@@H]2C[C@@H]3[C@@H](c4cccc(C)c4)OCCC31C2. The third-order valence-electron chi connectivity index (χ3n) is 7.71. The lowest BCUT2D eigenvalue weighted by Gasteiger charge is -2.53. The van der Waals surface area contributed by atoms with Crippen LogP contribution in [0.4, 0.5) is 0 Å². The molecule has 0 radical (unpaired) electrons. The monoisotopic (exact) mass is 371 g/mol. The van der Waals surface area contributed by atoms with Crippen LogP contribution in [0, 0.1) is 29.6 Å². The van der Waals surface area contributed by atoms with Crippen LogP contribution in [0.5, 0.6) is 0 Å². The fourth-order valence-electron chi connectivity index (χ4n) is 6.39. The van der Waals surface area contributed by atoms with Crippen molar-refractivity contribution in [2.75, 3.05) is 20.3 Å². The minimum Gasteiger partial charge on any atom is -0.384 e. The molecule has 1 aromatic rings. The van der Waals surface area contributed by atoms with E-state index < -0.39 is 0 Å². The van der Waals surface area contributed by atoms with E-state index in [0.29, 0.717) is 24.9 Å². The molecule has 2 bridgehead atoms. The molecule has 0 aromatic heterocycles. The Hall–Kier alpha value is -1.39. The van der Waals surface area contributed by atoms with Crippen molar-refractivity contribution in [2.45, 2.75) is 58.6 Å². The van der Waals surface area contributed by atoms with Crippen LogP contribution in [0.1, 0.15) is 56.8 Å². The summed E-state index contributed by atoms with van der Waals surface area (Å²) in [5.41, 5.74) is 2.87. The van der Waals surface area contributed by atoms with E-state index in [-0.39, 0.29) is 28.9 Å². The van der Waals surface area contributed by atoms with Crippen molar-refractivity contribution in [1.82, 2.24) is 5.32 Å². The molecular weight excluding hydrogens is 338 g/mol. The largest absolute Gasteiger partial charge is 0.384 e. The molecule has 2 aliphatic carbocycles. The van der Waals surface area contributed by atoms with Crippen molar-refractivity contribution in [1.29, 1.82) is 0 Å². The lowest BCUT2D eigenvalue weighted by Crippen LogP contribution is -2.59. The molecular formula is C23H33NO3. The summed E-state index contributed by atoms with van der Waals surface area (Å²) in [5.74, 6) is 1.25. The van der Waals surface area contributed by atoms with Gasteiger partial charge in [0.1, 0.15) is 0 Å². The Labute approximate surface area is 163 Å². The van der Waals surface area contributed by atoms with E-state index in [1.807, 2.05) is 0 Å². The third kappa shape index (κ3) is 3.01.